The number of rotatable bonds is 10. The van der Waals surface area contributed by atoms with E-state index >= 15 is 0 Å². The predicted molar refractivity (Wildman–Crippen MR) is 152 cm³/mol. The third-order valence-corrected chi connectivity index (χ3v) is 8.09. The van der Waals surface area contributed by atoms with Gasteiger partial charge in [0.1, 0.15) is 23.4 Å². The molecule has 5 rings (SSSR count). The van der Waals surface area contributed by atoms with Gasteiger partial charge in [0.15, 0.2) is 0 Å². The molecule has 1 aliphatic heterocycles. The van der Waals surface area contributed by atoms with Crippen LogP contribution in [0.5, 0.6) is 5.75 Å². The molecular weight excluding hydrogens is 544 g/mol. The number of benzene rings is 2. The summed E-state index contributed by atoms with van der Waals surface area (Å²) in [6, 6.07) is 17.8. The fraction of sp³-hybridized carbons (Fsp3) is 0.387. The molecule has 3 aromatic rings. The van der Waals surface area contributed by atoms with E-state index in [0.717, 1.165) is 47.0 Å². The van der Waals surface area contributed by atoms with Crippen molar-refractivity contribution in [1.82, 2.24) is 10.6 Å². The second-order valence-corrected chi connectivity index (χ2v) is 11.3. The normalized spacial score (nSPS) is 19.4. The van der Waals surface area contributed by atoms with Gasteiger partial charge in [0.2, 0.25) is 5.91 Å². The lowest BCUT2D eigenvalue weighted by atomic mass is 9.72. The Labute approximate surface area is 232 Å². The van der Waals surface area contributed by atoms with E-state index in [4.69, 9.17) is 9.15 Å². The van der Waals surface area contributed by atoms with Gasteiger partial charge in [-0.3, -0.25) is 4.79 Å². The molecule has 1 amide bonds. The Morgan fingerprint density at radius 1 is 1.18 bits per heavy atom. The second kappa shape index (κ2) is 11.9. The van der Waals surface area contributed by atoms with Crippen LogP contribution >= 0.6 is 15.9 Å². The van der Waals surface area contributed by atoms with Crippen LogP contribution in [-0.2, 0) is 17.6 Å². The van der Waals surface area contributed by atoms with Gasteiger partial charge in [-0.2, -0.15) is 0 Å². The minimum Gasteiger partial charge on any atom is -0.487 e. The molecule has 1 saturated carbocycles. The van der Waals surface area contributed by atoms with Crippen LogP contribution < -0.4 is 15.4 Å². The summed E-state index contributed by atoms with van der Waals surface area (Å²) in [7, 11) is 0. The van der Waals surface area contributed by atoms with Gasteiger partial charge >= 0.3 is 0 Å². The number of nitrogens with one attached hydrogen (secondary N) is 2. The number of amides is 1. The van der Waals surface area contributed by atoms with Gasteiger partial charge in [0.05, 0.1) is 16.6 Å². The first kappa shape index (κ1) is 26.7. The summed E-state index contributed by atoms with van der Waals surface area (Å²) in [5, 5.41) is 18.0. The highest BCUT2D eigenvalue weighted by Gasteiger charge is 2.45. The van der Waals surface area contributed by atoms with Crippen LogP contribution in [0.25, 0.3) is 6.08 Å². The van der Waals surface area contributed by atoms with E-state index in [1.165, 1.54) is 18.1 Å². The fourth-order valence-electron chi connectivity index (χ4n) is 5.36. The van der Waals surface area contributed by atoms with Crippen molar-refractivity contribution in [2.45, 2.75) is 69.2 Å². The second-order valence-electron chi connectivity index (χ2n) is 10.4. The van der Waals surface area contributed by atoms with E-state index in [1.807, 2.05) is 30.3 Å². The van der Waals surface area contributed by atoms with Crippen molar-refractivity contribution in [3.63, 3.8) is 0 Å². The minimum atomic E-state index is -0.789. The van der Waals surface area contributed by atoms with Gasteiger partial charge in [-0.25, -0.2) is 0 Å². The molecule has 1 fully saturated rings. The number of carbonyl (C=O) groups is 1. The number of carbonyl (C=O) groups excluding carboxylic acids is 1. The van der Waals surface area contributed by atoms with E-state index in [-0.39, 0.29) is 17.6 Å². The van der Waals surface area contributed by atoms with Crippen molar-refractivity contribution in [2.24, 2.45) is 0 Å². The maximum Gasteiger partial charge on any atom is 0.244 e. The molecule has 6 nitrogen and oxygen atoms in total. The lowest BCUT2D eigenvalue weighted by Crippen LogP contribution is -2.52. The van der Waals surface area contributed by atoms with Gasteiger partial charge in [0, 0.05) is 30.6 Å². The number of aryl methyl sites for hydroxylation is 1. The number of aliphatic hydroxyl groups excluding tert-OH is 1. The quantitative estimate of drug-likeness (QED) is 0.267. The molecule has 2 aromatic carbocycles. The molecule has 0 radical (unpaired) electrons. The van der Waals surface area contributed by atoms with Gasteiger partial charge in [0.25, 0.3) is 0 Å². The third kappa shape index (κ3) is 6.40. The molecule has 2 heterocycles. The molecule has 1 aliphatic carbocycles. The Bertz CT molecular complexity index is 1270. The molecule has 3 atom stereocenters. The predicted octanol–water partition coefficient (Wildman–Crippen LogP) is 5.74. The average Bonchev–Trinajstić information content (AvgIpc) is 3.34. The van der Waals surface area contributed by atoms with E-state index in [0.29, 0.717) is 18.7 Å². The van der Waals surface area contributed by atoms with E-state index in [2.05, 4.69) is 51.7 Å². The first-order valence-electron chi connectivity index (χ1n) is 13.4. The highest BCUT2D eigenvalue weighted by molar-refractivity contribution is 9.10. The number of hydrogen-bond donors (Lipinski definition) is 3. The zero-order chi connectivity index (χ0) is 26.5. The summed E-state index contributed by atoms with van der Waals surface area (Å²) in [6.45, 7) is 2.50. The molecular formula is C31H35BrN2O4. The third-order valence-electron chi connectivity index (χ3n) is 7.68. The van der Waals surface area contributed by atoms with E-state index in [1.54, 1.807) is 18.4 Å². The number of hydrogen-bond acceptors (Lipinski definition) is 5. The van der Waals surface area contributed by atoms with Crippen LogP contribution in [0.2, 0.25) is 0 Å². The van der Waals surface area contributed by atoms with Crippen molar-refractivity contribution in [2.75, 3.05) is 6.54 Å². The maximum absolute atomic E-state index is 12.8. The first-order valence-corrected chi connectivity index (χ1v) is 14.2. The van der Waals surface area contributed by atoms with Crippen molar-refractivity contribution in [3.05, 3.63) is 93.9 Å². The summed E-state index contributed by atoms with van der Waals surface area (Å²) < 4.78 is 12.6. The van der Waals surface area contributed by atoms with Crippen molar-refractivity contribution in [3.8, 4) is 5.75 Å². The van der Waals surface area contributed by atoms with Crippen LogP contribution in [0.4, 0.5) is 0 Å². The maximum atomic E-state index is 12.8. The van der Waals surface area contributed by atoms with Gasteiger partial charge in [-0.05, 0) is 77.4 Å². The molecule has 2 aliphatic rings. The number of furan rings is 1. The summed E-state index contributed by atoms with van der Waals surface area (Å²) in [5.74, 6) is 1.24. The van der Waals surface area contributed by atoms with Crippen LogP contribution in [0.3, 0.4) is 0 Å². The zero-order valence-electron chi connectivity index (χ0n) is 21.7. The van der Waals surface area contributed by atoms with Gasteiger partial charge < -0.3 is 24.9 Å². The molecule has 3 N–H and O–H groups in total. The van der Waals surface area contributed by atoms with Gasteiger partial charge in [-0.1, -0.05) is 49.4 Å². The van der Waals surface area contributed by atoms with Crippen LogP contribution in [0, 0.1) is 0 Å². The number of halogens is 1. The number of fused-ring (bicyclic) bond motifs is 1. The molecule has 7 heteroatoms. The average molecular weight is 580 g/mol. The number of ether oxygens (including phenoxy) is 1. The summed E-state index contributed by atoms with van der Waals surface area (Å²) in [4.78, 5) is 12.8. The van der Waals surface area contributed by atoms with E-state index in [9.17, 15) is 9.90 Å². The Balaban J connectivity index is 1.29. The lowest BCUT2D eigenvalue weighted by Gasteiger charge is -2.48. The molecule has 1 spiro atoms. The summed E-state index contributed by atoms with van der Waals surface area (Å²) >= 11 is 3.34. The standard InChI is InChI=1S/C31H35BrN2O4/c1-2-21-9-11-29-25(15-21)27(18-31(38-29)13-6-14-31)33-19-28(35)26(16-22-7-4-3-5-8-22)34-30(36)12-10-24-17-23(32)20-37-24/h3-5,7-12,15,17,20,26-28,33,35H,2,6,13-14,16,18-19H2,1H3,(H,34,36)/t26-,27-,28+/m0/s1. The van der Waals surface area contributed by atoms with Crippen LogP contribution in [0.1, 0.15) is 61.1 Å². The molecule has 0 saturated heterocycles. The van der Waals surface area contributed by atoms with Crippen LogP contribution in [-0.4, -0.2) is 35.3 Å². The molecule has 0 unspecified atom stereocenters. The lowest BCUT2D eigenvalue weighted by molar-refractivity contribution is -0.117. The fourth-order valence-corrected chi connectivity index (χ4v) is 5.68. The van der Waals surface area contributed by atoms with Crippen LogP contribution in [0.15, 0.2) is 75.8 Å². The Morgan fingerprint density at radius 3 is 2.68 bits per heavy atom. The van der Waals surface area contributed by atoms with E-state index < -0.39 is 12.1 Å². The Morgan fingerprint density at radius 2 is 2.00 bits per heavy atom. The zero-order valence-corrected chi connectivity index (χ0v) is 23.2. The summed E-state index contributed by atoms with van der Waals surface area (Å²) in [6.07, 6.45) is 9.51. The minimum absolute atomic E-state index is 0.0885. The molecule has 0 bridgehead atoms. The van der Waals surface area contributed by atoms with Crippen molar-refractivity contribution in [1.29, 1.82) is 0 Å². The monoisotopic (exact) mass is 578 g/mol. The molecule has 200 valence electrons. The largest absolute Gasteiger partial charge is 0.487 e. The number of aliphatic hydroxyl groups is 1. The highest BCUT2D eigenvalue weighted by atomic mass is 79.9. The molecule has 38 heavy (non-hydrogen) atoms. The van der Waals surface area contributed by atoms with Gasteiger partial charge in [-0.15, -0.1) is 0 Å². The first-order chi connectivity index (χ1) is 18.4. The Hall–Kier alpha value is -2.87. The Kier molecular flexibility index (Phi) is 8.36. The van der Waals surface area contributed by atoms with Crippen molar-refractivity contribution < 1.29 is 19.1 Å². The SMILES string of the molecule is CCc1ccc2c(c1)[C@@H](NC[C@@H](O)[C@H](Cc1ccccc1)NC(=O)C=Cc1cc(Br)co1)CC1(CCC1)O2. The highest BCUT2D eigenvalue weighted by Crippen LogP contribution is 2.49. The molecule has 1 aromatic heterocycles. The summed E-state index contributed by atoms with van der Waals surface area (Å²) in [5.41, 5.74) is 3.37. The van der Waals surface area contributed by atoms with Crippen molar-refractivity contribution >= 4 is 27.9 Å². The smallest absolute Gasteiger partial charge is 0.244 e. The topological polar surface area (TPSA) is 83.7 Å².